The maximum absolute atomic E-state index is 9.25. The first-order valence-corrected chi connectivity index (χ1v) is 6.90. The molecule has 2 rings (SSSR count). The first kappa shape index (κ1) is 13.7. The minimum Gasteiger partial charge on any atom is -0.393 e. The largest absolute Gasteiger partial charge is 0.393 e. The molecule has 100 valence electrons. The molecule has 4 nitrogen and oxygen atoms in total. The lowest BCUT2D eigenvalue weighted by atomic mass is 9.89. The zero-order valence-electron chi connectivity index (χ0n) is 10.2. The van der Waals surface area contributed by atoms with E-state index in [0.717, 1.165) is 25.8 Å². The highest BCUT2D eigenvalue weighted by molar-refractivity contribution is 6.37. The van der Waals surface area contributed by atoms with Gasteiger partial charge in [-0.3, -0.25) is 0 Å². The molecule has 0 amide bonds. The van der Waals surface area contributed by atoms with E-state index < -0.39 is 0 Å². The second kappa shape index (κ2) is 5.95. The van der Waals surface area contributed by atoms with Crippen LogP contribution < -0.4 is 10.6 Å². The molecule has 1 fully saturated rings. The number of hydrogen-bond acceptors (Lipinski definition) is 4. The van der Waals surface area contributed by atoms with Gasteiger partial charge in [-0.25, -0.2) is 4.98 Å². The number of anilines is 2. The van der Waals surface area contributed by atoms with Gasteiger partial charge in [0.15, 0.2) is 0 Å². The molecule has 1 aromatic heterocycles. The van der Waals surface area contributed by atoms with Gasteiger partial charge in [-0.2, -0.15) is 0 Å². The van der Waals surface area contributed by atoms with Crippen molar-refractivity contribution in [3.05, 3.63) is 16.1 Å². The van der Waals surface area contributed by atoms with Gasteiger partial charge in [0.2, 0.25) is 0 Å². The van der Waals surface area contributed by atoms with Gasteiger partial charge in [-0.1, -0.05) is 30.1 Å². The van der Waals surface area contributed by atoms with Crippen LogP contribution in [-0.4, -0.2) is 28.8 Å². The van der Waals surface area contributed by atoms with E-state index >= 15 is 0 Å². The summed E-state index contributed by atoms with van der Waals surface area (Å²) in [6.45, 7) is 2.89. The first-order valence-electron chi connectivity index (χ1n) is 6.14. The van der Waals surface area contributed by atoms with Crippen LogP contribution in [0.3, 0.4) is 0 Å². The maximum atomic E-state index is 9.25. The van der Waals surface area contributed by atoms with Crippen molar-refractivity contribution in [3.63, 3.8) is 0 Å². The molecule has 0 aromatic carbocycles. The molecule has 0 aliphatic heterocycles. The van der Waals surface area contributed by atoms with Crippen LogP contribution in [0, 0.1) is 0 Å². The molecule has 1 heterocycles. The van der Waals surface area contributed by atoms with Crippen molar-refractivity contribution in [1.82, 2.24) is 4.98 Å². The van der Waals surface area contributed by atoms with E-state index in [1.54, 1.807) is 6.07 Å². The minimum absolute atomic E-state index is 0.203. The van der Waals surface area contributed by atoms with Gasteiger partial charge in [0, 0.05) is 12.6 Å². The van der Waals surface area contributed by atoms with Crippen LogP contribution in [0.2, 0.25) is 10.0 Å². The zero-order chi connectivity index (χ0) is 13.1. The van der Waals surface area contributed by atoms with Crippen molar-refractivity contribution in [1.29, 1.82) is 0 Å². The van der Waals surface area contributed by atoms with Crippen molar-refractivity contribution in [2.75, 3.05) is 17.2 Å². The second-order valence-corrected chi connectivity index (χ2v) is 5.36. The Morgan fingerprint density at radius 1 is 1.33 bits per heavy atom. The number of rotatable bonds is 5. The van der Waals surface area contributed by atoms with Crippen molar-refractivity contribution < 1.29 is 5.11 Å². The van der Waals surface area contributed by atoms with Crippen LogP contribution in [0.5, 0.6) is 0 Å². The highest BCUT2D eigenvalue weighted by atomic mass is 35.5. The summed E-state index contributed by atoms with van der Waals surface area (Å²) < 4.78 is 0. The SMILES string of the molecule is CCCNc1nc(NC2CC(O)C2)c(Cl)cc1Cl. The molecule has 1 aliphatic rings. The van der Waals surface area contributed by atoms with Crippen molar-refractivity contribution in [3.8, 4) is 0 Å². The summed E-state index contributed by atoms with van der Waals surface area (Å²) in [6.07, 6.45) is 2.26. The van der Waals surface area contributed by atoms with Crippen LogP contribution in [0.15, 0.2) is 6.07 Å². The molecule has 0 radical (unpaired) electrons. The molecule has 0 saturated heterocycles. The smallest absolute Gasteiger partial charge is 0.147 e. The summed E-state index contributed by atoms with van der Waals surface area (Å²) in [4.78, 5) is 4.39. The number of nitrogens with one attached hydrogen (secondary N) is 2. The number of aliphatic hydroxyl groups excluding tert-OH is 1. The van der Waals surface area contributed by atoms with E-state index in [4.69, 9.17) is 23.2 Å². The zero-order valence-corrected chi connectivity index (χ0v) is 11.7. The fourth-order valence-corrected chi connectivity index (χ4v) is 2.31. The topological polar surface area (TPSA) is 57.2 Å². The molecule has 1 aliphatic carbocycles. The van der Waals surface area contributed by atoms with Gasteiger partial charge in [0.25, 0.3) is 0 Å². The summed E-state index contributed by atoms with van der Waals surface area (Å²) in [5, 5.41) is 16.7. The first-order chi connectivity index (χ1) is 8.60. The lowest BCUT2D eigenvalue weighted by molar-refractivity contribution is 0.0835. The third-order valence-electron chi connectivity index (χ3n) is 2.93. The molecule has 0 atom stereocenters. The fraction of sp³-hybridized carbons (Fsp3) is 0.583. The third kappa shape index (κ3) is 3.19. The molecule has 0 bridgehead atoms. The Balaban J connectivity index is 2.08. The van der Waals surface area contributed by atoms with Crippen LogP contribution in [0.1, 0.15) is 26.2 Å². The Bertz CT molecular complexity index is 422. The summed E-state index contributed by atoms with van der Waals surface area (Å²) in [5.41, 5.74) is 0. The molecule has 0 spiro atoms. The van der Waals surface area contributed by atoms with Crippen molar-refractivity contribution in [2.24, 2.45) is 0 Å². The van der Waals surface area contributed by atoms with E-state index in [1.807, 2.05) is 0 Å². The lowest BCUT2D eigenvalue weighted by Crippen LogP contribution is -2.39. The second-order valence-electron chi connectivity index (χ2n) is 4.54. The minimum atomic E-state index is -0.203. The van der Waals surface area contributed by atoms with E-state index in [0.29, 0.717) is 21.7 Å². The van der Waals surface area contributed by atoms with E-state index in [2.05, 4.69) is 22.5 Å². The summed E-state index contributed by atoms with van der Waals surface area (Å²) >= 11 is 12.2. The average Bonchev–Trinajstić information content (AvgIpc) is 2.28. The number of pyridine rings is 1. The number of halogens is 2. The van der Waals surface area contributed by atoms with E-state index in [-0.39, 0.29) is 12.1 Å². The standard InChI is InChI=1S/C12H17Cl2N3O/c1-2-3-15-11-9(13)6-10(14)12(17-11)16-7-4-8(18)5-7/h6-8,18H,2-5H2,1H3,(H2,15,16,17). The summed E-state index contributed by atoms with van der Waals surface area (Å²) in [7, 11) is 0. The molecule has 1 aromatic rings. The summed E-state index contributed by atoms with van der Waals surface area (Å²) in [5.74, 6) is 1.27. The van der Waals surface area contributed by atoms with Gasteiger partial charge >= 0.3 is 0 Å². The Labute approximate surface area is 117 Å². The normalized spacial score (nSPS) is 22.4. The fourth-order valence-electron chi connectivity index (χ4n) is 1.83. The predicted molar refractivity (Wildman–Crippen MR) is 75.7 cm³/mol. The molecule has 3 N–H and O–H groups in total. The molecule has 6 heteroatoms. The van der Waals surface area contributed by atoms with Crippen LogP contribution in [0.4, 0.5) is 11.6 Å². The van der Waals surface area contributed by atoms with Crippen LogP contribution in [-0.2, 0) is 0 Å². The Hall–Kier alpha value is -0.710. The Kier molecular flexibility index (Phi) is 4.54. The Morgan fingerprint density at radius 2 is 2.00 bits per heavy atom. The van der Waals surface area contributed by atoms with E-state index in [1.165, 1.54) is 0 Å². The molecular formula is C12H17Cl2N3O. The monoisotopic (exact) mass is 289 g/mol. The van der Waals surface area contributed by atoms with Crippen LogP contribution in [0.25, 0.3) is 0 Å². The molecular weight excluding hydrogens is 273 g/mol. The van der Waals surface area contributed by atoms with Crippen molar-refractivity contribution >= 4 is 34.8 Å². The summed E-state index contributed by atoms with van der Waals surface area (Å²) in [6, 6.07) is 1.93. The molecule has 1 saturated carbocycles. The highest BCUT2D eigenvalue weighted by Gasteiger charge is 2.28. The lowest BCUT2D eigenvalue weighted by Gasteiger charge is -2.32. The van der Waals surface area contributed by atoms with Gasteiger partial charge in [-0.15, -0.1) is 0 Å². The van der Waals surface area contributed by atoms with E-state index in [9.17, 15) is 5.11 Å². The van der Waals surface area contributed by atoms with Gasteiger partial charge < -0.3 is 15.7 Å². The Morgan fingerprint density at radius 3 is 2.61 bits per heavy atom. The van der Waals surface area contributed by atoms with Crippen molar-refractivity contribution in [2.45, 2.75) is 38.3 Å². The number of aliphatic hydroxyl groups is 1. The maximum Gasteiger partial charge on any atom is 0.147 e. The molecule has 0 unspecified atom stereocenters. The van der Waals surface area contributed by atoms with Crippen LogP contribution >= 0.6 is 23.2 Å². The van der Waals surface area contributed by atoms with Gasteiger partial charge in [0.1, 0.15) is 11.6 Å². The average molecular weight is 290 g/mol. The quantitative estimate of drug-likeness (QED) is 0.779. The predicted octanol–water partition coefficient (Wildman–Crippen LogP) is 3.15. The van der Waals surface area contributed by atoms with Gasteiger partial charge in [0.05, 0.1) is 16.1 Å². The van der Waals surface area contributed by atoms with Gasteiger partial charge in [-0.05, 0) is 25.3 Å². The number of nitrogens with zero attached hydrogens (tertiary/aromatic N) is 1. The number of hydrogen-bond donors (Lipinski definition) is 3. The molecule has 18 heavy (non-hydrogen) atoms. The highest BCUT2D eigenvalue weighted by Crippen LogP contribution is 2.32. The third-order valence-corrected chi connectivity index (χ3v) is 3.50. The number of aromatic nitrogens is 1.